The summed E-state index contributed by atoms with van der Waals surface area (Å²) in [6.45, 7) is 3.98. The average Bonchev–Trinajstić information content (AvgIpc) is 2.97. The molecule has 1 atom stereocenters. The first-order chi connectivity index (χ1) is 8.81. The summed E-state index contributed by atoms with van der Waals surface area (Å²) in [5.74, 6) is 1.73. The van der Waals surface area contributed by atoms with Crippen molar-refractivity contribution in [1.29, 1.82) is 0 Å². The highest BCUT2D eigenvalue weighted by Crippen LogP contribution is 2.20. The van der Waals surface area contributed by atoms with Crippen molar-refractivity contribution in [3.63, 3.8) is 0 Å². The van der Waals surface area contributed by atoms with E-state index in [1.165, 1.54) is 9.35 Å². The summed E-state index contributed by atoms with van der Waals surface area (Å²) in [6, 6.07) is 4.19. The topological polar surface area (TPSA) is 41.9 Å². The van der Waals surface area contributed by atoms with E-state index in [4.69, 9.17) is 0 Å². The van der Waals surface area contributed by atoms with Crippen LogP contribution in [-0.4, -0.2) is 22.9 Å². The molecule has 1 aliphatic rings. The van der Waals surface area contributed by atoms with E-state index in [1.54, 1.807) is 11.3 Å². The molecule has 0 fully saturated rings. The first-order valence-corrected chi connectivity index (χ1v) is 7.68. The zero-order valence-electron chi connectivity index (χ0n) is 9.90. The van der Waals surface area contributed by atoms with Crippen LogP contribution in [0.2, 0.25) is 0 Å². The minimum Gasteiger partial charge on any atom is -0.370 e. The van der Waals surface area contributed by atoms with Crippen LogP contribution < -0.4 is 10.6 Å². The van der Waals surface area contributed by atoms with Crippen molar-refractivity contribution in [2.45, 2.75) is 13.1 Å². The molecule has 0 saturated heterocycles. The zero-order chi connectivity index (χ0) is 12.4. The molecule has 96 valence electrons. The first kappa shape index (κ1) is 12.2. The van der Waals surface area contributed by atoms with Crippen LogP contribution in [0.5, 0.6) is 0 Å². The van der Waals surface area contributed by atoms with Crippen molar-refractivity contribution in [3.05, 3.63) is 33.1 Å². The Morgan fingerprint density at radius 3 is 3.39 bits per heavy atom. The molecule has 1 aliphatic heterocycles. The monoisotopic (exact) mass is 326 g/mol. The Morgan fingerprint density at radius 1 is 1.61 bits per heavy atom. The molecular formula is C12H15BrN4S. The lowest BCUT2D eigenvalue weighted by Gasteiger charge is -2.25. The summed E-state index contributed by atoms with van der Waals surface area (Å²) in [7, 11) is 0. The Kier molecular flexibility index (Phi) is 3.67. The van der Waals surface area contributed by atoms with Crippen LogP contribution in [0.1, 0.15) is 4.88 Å². The lowest BCUT2D eigenvalue weighted by molar-refractivity contribution is 0.392. The third-order valence-corrected chi connectivity index (χ3v) is 4.77. The summed E-state index contributed by atoms with van der Waals surface area (Å²) in [5, 5.41) is 13.3. The summed E-state index contributed by atoms with van der Waals surface area (Å²) >= 11 is 5.26. The van der Waals surface area contributed by atoms with Crippen molar-refractivity contribution in [1.82, 2.24) is 15.1 Å². The Balaban J connectivity index is 1.47. The third-order valence-electron chi connectivity index (χ3n) is 3.07. The smallest absolute Gasteiger partial charge is 0.124 e. The van der Waals surface area contributed by atoms with E-state index in [0.717, 1.165) is 32.0 Å². The molecule has 18 heavy (non-hydrogen) atoms. The maximum Gasteiger partial charge on any atom is 0.124 e. The number of aromatic nitrogens is 2. The van der Waals surface area contributed by atoms with Gasteiger partial charge in [0.25, 0.3) is 0 Å². The number of fused-ring (bicyclic) bond motifs is 1. The predicted molar refractivity (Wildman–Crippen MR) is 77.9 cm³/mol. The number of rotatable bonds is 4. The first-order valence-electron chi connectivity index (χ1n) is 6.00. The Morgan fingerprint density at radius 2 is 2.56 bits per heavy atom. The highest BCUT2D eigenvalue weighted by Gasteiger charge is 2.17. The number of nitrogens with one attached hydrogen (secondary N) is 2. The number of hydrogen-bond donors (Lipinski definition) is 2. The summed E-state index contributed by atoms with van der Waals surface area (Å²) in [6.07, 6.45) is 1.85. The average molecular weight is 327 g/mol. The number of anilines is 1. The molecule has 3 heterocycles. The van der Waals surface area contributed by atoms with Crippen LogP contribution in [0, 0.1) is 5.92 Å². The maximum absolute atomic E-state index is 4.30. The van der Waals surface area contributed by atoms with E-state index in [2.05, 4.69) is 43.1 Å². The second kappa shape index (κ2) is 5.42. The molecular weight excluding hydrogens is 312 g/mol. The Hall–Kier alpha value is -0.850. The molecule has 6 heteroatoms. The van der Waals surface area contributed by atoms with E-state index in [-0.39, 0.29) is 0 Å². The molecule has 0 radical (unpaired) electrons. The van der Waals surface area contributed by atoms with Gasteiger partial charge in [0.15, 0.2) is 0 Å². The predicted octanol–water partition coefficient (Wildman–Crippen LogP) is 2.54. The molecule has 0 unspecified atom stereocenters. The van der Waals surface area contributed by atoms with Crippen LogP contribution in [0.15, 0.2) is 28.2 Å². The second-order valence-electron chi connectivity index (χ2n) is 4.51. The van der Waals surface area contributed by atoms with Gasteiger partial charge in [0.2, 0.25) is 0 Å². The fourth-order valence-electron chi connectivity index (χ4n) is 2.17. The van der Waals surface area contributed by atoms with Gasteiger partial charge in [-0.1, -0.05) is 0 Å². The van der Waals surface area contributed by atoms with E-state index in [1.807, 2.05) is 16.9 Å². The molecule has 0 aromatic carbocycles. The van der Waals surface area contributed by atoms with Crippen LogP contribution in [0.4, 0.5) is 5.82 Å². The molecule has 0 aliphatic carbocycles. The molecule has 0 spiro atoms. The fraction of sp³-hybridized carbons (Fsp3) is 0.417. The van der Waals surface area contributed by atoms with Crippen molar-refractivity contribution in [3.8, 4) is 0 Å². The van der Waals surface area contributed by atoms with Crippen molar-refractivity contribution >= 4 is 33.1 Å². The zero-order valence-corrected chi connectivity index (χ0v) is 12.3. The lowest BCUT2D eigenvalue weighted by Crippen LogP contribution is -2.35. The van der Waals surface area contributed by atoms with Crippen molar-refractivity contribution < 1.29 is 0 Å². The van der Waals surface area contributed by atoms with Gasteiger partial charge in [-0.15, -0.1) is 11.3 Å². The Bertz CT molecular complexity index is 522. The van der Waals surface area contributed by atoms with Gasteiger partial charge in [0, 0.05) is 52.9 Å². The van der Waals surface area contributed by atoms with Crippen LogP contribution >= 0.6 is 27.3 Å². The van der Waals surface area contributed by atoms with Crippen LogP contribution in [0.25, 0.3) is 0 Å². The third kappa shape index (κ3) is 2.76. The lowest BCUT2D eigenvalue weighted by atomic mass is 10.1. The second-order valence-corrected chi connectivity index (χ2v) is 6.42. The van der Waals surface area contributed by atoms with E-state index < -0.39 is 0 Å². The molecule has 0 amide bonds. The van der Waals surface area contributed by atoms with Gasteiger partial charge in [-0.25, -0.2) is 4.68 Å². The largest absolute Gasteiger partial charge is 0.370 e. The normalized spacial score (nSPS) is 18.4. The molecule has 0 bridgehead atoms. The van der Waals surface area contributed by atoms with Gasteiger partial charge in [-0.2, -0.15) is 5.10 Å². The maximum atomic E-state index is 4.30. The summed E-state index contributed by atoms with van der Waals surface area (Å²) in [5.41, 5.74) is 0. The number of nitrogens with zero attached hydrogens (tertiary/aromatic N) is 2. The number of hydrogen-bond acceptors (Lipinski definition) is 4. The number of thiophene rings is 1. The molecule has 2 aromatic heterocycles. The van der Waals surface area contributed by atoms with Crippen LogP contribution in [-0.2, 0) is 13.1 Å². The molecule has 3 rings (SSSR count). The van der Waals surface area contributed by atoms with Gasteiger partial charge >= 0.3 is 0 Å². The van der Waals surface area contributed by atoms with Gasteiger partial charge in [0.1, 0.15) is 5.82 Å². The van der Waals surface area contributed by atoms with E-state index >= 15 is 0 Å². The van der Waals surface area contributed by atoms with Gasteiger partial charge in [0.05, 0.1) is 6.20 Å². The minimum atomic E-state index is 0.598. The molecule has 2 N–H and O–H groups in total. The van der Waals surface area contributed by atoms with Crippen molar-refractivity contribution in [2.24, 2.45) is 5.92 Å². The van der Waals surface area contributed by atoms with Gasteiger partial charge in [-0.3, -0.25) is 0 Å². The van der Waals surface area contributed by atoms with Gasteiger partial charge < -0.3 is 10.6 Å². The highest BCUT2D eigenvalue weighted by atomic mass is 79.9. The minimum absolute atomic E-state index is 0.598. The van der Waals surface area contributed by atoms with Crippen LogP contribution in [0.3, 0.4) is 0 Å². The van der Waals surface area contributed by atoms with E-state index in [0.29, 0.717) is 5.92 Å². The van der Waals surface area contributed by atoms with Gasteiger partial charge in [-0.05, 0) is 22.0 Å². The van der Waals surface area contributed by atoms with Crippen molar-refractivity contribution in [2.75, 3.05) is 18.4 Å². The Labute approximate surface area is 119 Å². The fourth-order valence-corrected chi connectivity index (χ4v) is 3.59. The standard InChI is InChI=1S/C12H15BrN4S/c13-10-3-11(18-8-10)6-14-4-9-5-15-12-1-2-16-17(12)7-9/h1-3,8-9,14-15H,4-7H2/t9-/m0/s1. The van der Waals surface area contributed by atoms with E-state index in [9.17, 15) is 0 Å². The molecule has 4 nitrogen and oxygen atoms in total. The summed E-state index contributed by atoms with van der Waals surface area (Å²) in [4.78, 5) is 1.37. The summed E-state index contributed by atoms with van der Waals surface area (Å²) < 4.78 is 3.21. The molecule has 0 saturated carbocycles. The highest BCUT2D eigenvalue weighted by molar-refractivity contribution is 9.10. The number of halogens is 1. The molecule has 2 aromatic rings. The quantitative estimate of drug-likeness (QED) is 0.907. The SMILES string of the molecule is Brc1csc(CNC[C@H]2CNc3ccnn3C2)c1.